The Kier molecular flexibility index (Phi) is 4.02. The molecule has 0 aliphatic carbocycles. The first-order valence-electron chi connectivity index (χ1n) is 11.1. The van der Waals surface area contributed by atoms with Gasteiger partial charge < -0.3 is 9.13 Å². The van der Waals surface area contributed by atoms with Crippen LogP contribution in [0.5, 0.6) is 0 Å². The average Bonchev–Trinajstić information content (AvgIpc) is 3.37. The third-order valence-electron chi connectivity index (χ3n) is 6.55. The van der Waals surface area contributed by atoms with Crippen molar-refractivity contribution in [1.82, 2.24) is 9.13 Å². The first kappa shape index (κ1) is 18.7. The van der Waals surface area contributed by atoms with Crippen molar-refractivity contribution in [2.24, 2.45) is 0 Å². The summed E-state index contributed by atoms with van der Waals surface area (Å²) in [5.41, 5.74) is 7.23. The lowest BCUT2D eigenvalue weighted by atomic mass is 10.1. The molecule has 0 aliphatic rings. The van der Waals surface area contributed by atoms with Crippen LogP contribution in [0.15, 0.2) is 120 Å². The summed E-state index contributed by atoms with van der Waals surface area (Å²) in [6.07, 6.45) is 0. The van der Waals surface area contributed by atoms with Gasteiger partial charge in [0.25, 0.3) is 0 Å². The van der Waals surface area contributed by atoms with Gasteiger partial charge in [0.1, 0.15) is 0 Å². The third kappa shape index (κ3) is 2.66. The predicted molar refractivity (Wildman–Crippen MR) is 143 cm³/mol. The Morgan fingerprint density at radius 2 is 1.06 bits per heavy atom. The molecule has 0 bridgehead atoms. The first-order chi connectivity index (χ1) is 16.3. The van der Waals surface area contributed by atoms with E-state index in [4.69, 9.17) is 0 Å². The molecule has 7 aromatic rings. The van der Waals surface area contributed by atoms with Gasteiger partial charge in [0.2, 0.25) is 0 Å². The second-order valence-corrected chi connectivity index (χ2v) is 9.29. The predicted octanol–water partition coefficient (Wildman–Crippen LogP) is 8.64. The van der Waals surface area contributed by atoms with E-state index in [1.165, 1.54) is 55.0 Å². The van der Waals surface area contributed by atoms with E-state index >= 15 is 0 Å². The molecule has 156 valence electrons. The van der Waals surface area contributed by atoms with Crippen molar-refractivity contribution in [3.8, 4) is 11.4 Å². The zero-order chi connectivity index (χ0) is 21.9. The molecule has 7 rings (SSSR count). The van der Waals surface area contributed by atoms with Gasteiger partial charge in [0.15, 0.2) is 0 Å². The fourth-order valence-corrected chi connectivity index (χ4v) is 5.59. The van der Waals surface area contributed by atoms with Crippen molar-refractivity contribution in [3.63, 3.8) is 0 Å². The summed E-state index contributed by atoms with van der Waals surface area (Å²) in [7, 11) is 0. The van der Waals surface area contributed by atoms with E-state index < -0.39 is 0 Å². The van der Waals surface area contributed by atoms with E-state index in [0.29, 0.717) is 0 Å². The monoisotopic (exact) mass is 486 g/mol. The molecule has 2 aromatic heterocycles. The fraction of sp³-hybridized carbons (Fsp3) is 0. The highest BCUT2D eigenvalue weighted by Crippen LogP contribution is 2.42. The van der Waals surface area contributed by atoms with Gasteiger partial charge in [-0.15, -0.1) is 0 Å². The van der Waals surface area contributed by atoms with Gasteiger partial charge in [0.05, 0.1) is 22.1 Å². The molecule has 0 radical (unpaired) electrons. The van der Waals surface area contributed by atoms with E-state index in [1.54, 1.807) is 0 Å². The van der Waals surface area contributed by atoms with Crippen LogP contribution in [0.4, 0.5) is 0 Å². The Bertz CT molecular complexity index is 1810. The number of nitrogens with zero attached hydrogens (tertiary/aromatic N) is 2. The number of aromatic nitrogens is 2. The maximum absolute atomic E-state index is 3.73. The second kappa shape index (κ2) is 7.09. The lowest BCUT2D eigenvalue weighted by Gasteiger charge is -2.09. The van der Waals surface area contributed by atoms with Crippen molar-refractivity contribution >= 4 is 59.5 Å². The summed E-state index contributed by atoms with van der Waals surface area (Å²) in [4.78, 5) is 0. The minimum absolute atomic E-state index is 1.08. The normalized spacial score (nSPS) is 11.8. The highest BCUT2D eigenvalue weighted by molar-refractivity contribution is 9.10. The molecule has 0 saturated carbocycles. The topological polar surface area (TPSA) is 9.86 Å². The number of halogens is 1. The number of fused-ring (bicyclic) bond motifs is 7. The zero-order valence-corrected chi connectivity index (χ0v) is 19.3. The van der Waals surface area contributed by atoms with Crippen molar-refractivity contribution in [3.05, 3.63) is 120 Å². The fourth-order valence-electron chi connectivity index (χ4n) is 5.23. The Balaban J connectivity index is 1.78. The Labute approximate surface area is 199 Å². The maximum Gasteiger partial charge on any atom is 0.0641 e. The van der Waals surface area contributed by atoms with Crippen LogP contribution in [-0.4, -0.2) is 9.13 Å². The molecular formula is C30H19BrN2. The van der Waals surface area contributed by atoms with Crippen molar-refractivity contribution in [1.29, 1.82) is 0 Å². The minimum Gasteiger partial charge on any atom is -0.309 e. The molecule has 5 aromatic carbocycles. The van der Waals surface area contributed by atoms with Gasteiger partial charge in [0, 0.05) is 37.4 Å². The van der Waals surface area contributed by atoms with Gasteiger partial charge in [-0.05, 0) is 54.6 Å². The van der Waals surface area contributed by atoms with Gasteiger partial charge >= 0.3 is 0 Å². The van der Waals surface area contributed by atoms with Crippen LogP contribution >= 0.6 is 15.9 Å². The summed E-state index contributed by atoms with van der Waals surface area (Å²) >= 11 is 3.73. The van der Waals surface area contributed by atoms with Crippen LogP contribution in [0, 0.1) is 0 Å². The van der Waals surface area contributed by atoms with Crippen LogP contribution in [-0.2, 0) is 0 Å². The molecule has 0 aliphatic heterocycles. The van der Waals surface area contributed by atoms with E-state index in [-0.39, 0.29) is 0 Å². The van der Waals surface area contributed by atoms with Crippen molar-refractivity contribution < 1.29 is 0 Å². The lowest BCUT2D eigenvalue weighted by Crippen LogP contribution is -1.95. The summed E-state index contributed by atoms with van der Waals surface area (Å²) in [5, 5.41) is 5.06. The molecule has 0 spiro atoms. The van der Waals surface area contributed by atoms with Gasteiger partial charge in [-0.3, -0.25) is 0 Å². The lowest BCUT2D eigenvalue weighted by molar-refractivity contribution is 1.17. The Morgan fingerprint density at radius 1 is 0.455 bits per heavy atom. The molecule has 0 fully saturated rings. The molecule has 0 N–H and O–H groups in total. The number of para-hydroxylation sites is 3. The van der Waals surface area contributed by atoms with Crippen LogP contribution in [0.3, 0.4) is 0 Å². The van der Waals surface area contributed by atoms with E-state index in [9.17, 15) is 0 Å². The molecule has 0 unspecified atom stereocenters. The molecule has 0 saturated heterocycles. The zero-order valence-electron chi connectivity index (χ0n) is 17.7. The summed E-state index contributed by atoms with van der Waals surface area (Å²) < 4.78 is 5.88. The van der Waals surface area contributed by atoms with Crippen LogP contribution in [0.2, 0.25) is 0 Å². The largest absolute Gasteiger partial charge is 0.309 e. The molecule has 2 heterocycles. The van der Waals surface area contributed by atoms with Crippen LogP contribution in [0.1, 0.15) is 0 Å². The third-order valence-corrected chi connectivity index (χ3v) is 7.05. The van der Waals surface area contributed by atoms with E-state index in [2.05, 4.69) is 140 Å². The maximum atomic E-state index is 3.73. The summed E-state index contributed by atoms with van der Waals surface area (Å²) in [5.74, 6) is 0. The van der Waals surface area contributed by atoms with Gasteiger partial charge in [-0.25, -0.2) is 0 Å². The van der Waals surface area contributed by atoms with Crippen molar-refractivity contribution in [2.75, 3.05) is 0 Å². The van der Waals surface area contributed by atoms with Gasteiger partial charge in [-0.1, -0.05) is 76.6 Å². The smallest absolute Gasteiger partial charge is 0.0641 e. The van der Waals surface area contributed by atoms with E-state index in [1.807, 2.05) is 0 Å². The number of rotatable bonds is 2. The first-order valence-corrected chi connectivity index (χ1v) is 11.9. The Morgan fingerprint density at radius 3 is 1.82 bits per heavy atom. The van der Waals surface area contributed by atoms with E-state index in [0.717, 1.165) is 4.47 Å². The SMILES string of the molecule is Brc1ccc2c(c1)c1c(ccc3c4ccccc4n(-c4ccccc4)c31)n2-c1ccccc1. The van der Waals surface area contributed by atoms with Crippen molar-refractivity contribution in [2.45, 2.75) is 0 Å². The number of hydrogen-bond donors (Lipinski definition) is 0. The minimum atomic E-state index is 1.08. The quantitative estimate of drug-likeness (QED) is 0.231. The summed E-state index contributed by atoms with van der Waals surface area (Å²) in [6, 6.07) is 41.2. The summed E-state index contributed by atoms with van der Waals surface area (Å²) in [6.45, 7) is 0. The number of hydrogen-bond acceptors (Lipinski definition) is 0. The molecule has 33 heavy (non-hydrogen) atoms. The highest BCUT2D eigenvalue weighted by atomic mass is 79.9. The molecule has 3 heteroatoms. The molecule has 0 atom stereocenters. The molecule has 0 amide bonds. The standard InChI is InChI=1S/C30H19BrN2/c31-20-15-17-27-25(19-20)29-28(32(27)21-9-3-1-4-10-21)18-16-24-23-13-7-8-14-26(23)33(30(24)29)22-11-5-2-6-12-22/h1-19H. The molecule has 2 nitrogen and oxygen atoms in total. The number of benzene rings is 5. The van der Waals surface area contributed by atoms with Crippen LogP contribution < -0.4 is 0 Å². The van der Waals surface area contributed by atoms with Gasteiger partial charge in [-0.2, -0.15) is 0 Å². The highest BCUT2D eigenvalue weighted by Gasteiger charge is 2.20. The molecular weight excluding hydrogens is 468 g/mol. The Hall–Kier alpha value is -3.82. The van der Waals surface area contributed by atoms with Crippen LogP contribution in [0.25, 0.3) is 55.0 Å². The second-order valence-electron chi connectivity index (χ2n) is 8.38. The average molecular weight is 487 g/mol.